The van der Waals surface area contributed by atoms with Crippen molar-refractivity contribution in [3.05, 3.63) is 29.8 Å². The van der Waals surface area contributed by atoms with Crippen molar-refractivity contribution in [1.29, 1.82) is 0 Å². The SMILES string of the molecule is CC[C@H](C)[C@H]1NC(=O)[C@@H](NC(=O)[C@@H](CC(C)C)N(C)C(=O)[C@@H]2C[C@@H](O)CN2C(=O)[C@H](C)O)[C@H](C)OC(=O)[C@H](Cc2ccc(OC)cc2)N(C)C(=O)[C@@H]2CCCN2C(=O)[C@@H](CC(C)C)NC(=O)[C@@H](C)C(=O)[C@@H](C(C)C)OC(=O)C[C@H]1O. The molecular formula is C57H89N7O16. The Balaban J connectivity index is 1.89. The largest absolute Gasteiger partial charge is 0.497 e. The van der Waals surface area contributed by atoms with Crippen molar-refractivity contribution in [3.8, 4) is 5.75 Å². The molecule has 0 saturated carbocycles. The predicted molar refractivity (Wildman–Crippen MR) is 292 cm³/mol. The van der Waals surface area contributed by atoms with Crippen LogP contribution >= 0.6 is 0 Å². The summed E-state index contributed by atoms with van der Waals surface area (Å²) in [4.78, 5) is 148. The van der Waals surface area contributed by atoms with Crippen molar-refractivity contribution in [2.45, 2.75) is 200 Å². The number of nitrogens with one attached hydrogen (secondary N) is 3. The molecule has 448 valence electrons. The summed E-state index contributed by atoms with van der Waals surface area (Å²) in [5, 5.41) is 40.8. The number of likely N-dealkylation sites (N-methyl/N-ethyl adjacent to an activating group) is 2. The first-order valence-electron chi connectivity index (χ1n) is 28.1. The molecule has 0 aromatic heterocycles. The number of carbonyl (C=O) groups is 10. The lowest BCUT2D eigenvalue weighted by molar-refractivity contribution is -0.163. The van der Waals surface area contributed by atoms with Gasteiger partial charge in [0.2, 0.25) is 35.4 Å². The molecule has 0 spiro atoms. The van der Waals surface area contributed by atoms with Crippen LogP contribution in [-0.4, -0.2) is 201 Å². The molecule has 3 fully saturated rings. The van der Waals surface area contributed by atoms with Crippen molar-refractivity contribution in [3.63, 3.8) is 0 Å². The molecule has 3 saturated heterocycles. The summed E-state index contributed by atoms with van der Waals surface area (Å²) < 4.78 is 17.2. The van der Waals surface area contributed by atoms with Gasteiger partial charge in [-0.3, -0.25) is 43.2 Å². The number of carbonyl (C=O) groups excluding carboxylic acids is 10. The zero-order chi connectivity index (χ0) is 60.2. The number of methoxy groups -OCH3 is 1. The fourth-order valence-electron chi connectivity index (χ4n) is 10.5. The standard InChI is InChI=1S/C57H89N7O16/c1-15-32(8)46-44(67)27-45(68)80-49(31(6)7)48(69)33(9)50(70)58-39(23-29(2)3)54(74)63-22-16-17-40(63)55(75)62(13)43(25-36-18-20-38(78-14)21-19-36)57(77)79-35(11)47(52(72)59-46)60-51(71)41(24-30(4)5)61(12)56(76)42-26-37(66)28-64(42)53(73)34(10)65/h18-21,29-35,37,39-44,46-47,49,65-67H,15-17,22-28H2,1-14H3,(H,58,70)(H,59,72)(H,60,71)/t32-,33-,34-,35-,37+,39+,40-,41+,42-,43-,44+,46+,47-,49+/m0/s1. The monoisotopic (exact) mass is 1130 g/mol. The van der Waals surface area contributed by atoms with E-state index in [-0.39, 0.29) is 57.0 Å². The van der Waals surface area contributed by atoms with Crippen LogP contribution in [0.2, 0.25) is 0 Å². The van der Waals surface area contributed by atoms with Crippen LogP contribution in [-0.2, 0) is 63.8 Å². The van der Waals surface area contributed by atoms with Gasteiger partial charge in [0.15, 0.2) is 11.9 Å². The van der Waals surface area contributed by atoms with Gasteiger partial charge in [-0.1, -0.05) is 73.9 Å². The number of benzene rings is 1. The molecule has 0 bridgehead atoms. The van der Waals surface area contributed by atoms with Crippen molar-refractivity contribution >= 4 is 59.1 Å². The summed E-state index contributed by atoms with van der Waals surface area (Å²) in [6.07, 6.45) is -7.39. The molecule has 6 N–H and O–H groups in total. The van der Waals surface area contributed by atoms with E-state index >= 15 is 4.79 Å². The van der Waals surface area contributed by atoms with Gasteiger partial charge in [0.25, 0.3) is 5.91 Å². The van der Waals surface area contributed by atoms with Crippen LogP contribution in [0.4, 0.5) is 0 Å². The lowest BCUT2D eigenvalue weighted by atomic mass is 9.91. The minimum atomic E-state index is -1.81. The maximum absolute atomic E-state index is 15.0. The van der Waals surface area contributed by atoms with Gasteiger partial charge in [0.05, 0.1) is 37.7 Å². The molecule has 3 aliphatic rings. The minimum Gasteiger partial charge on any atom is -0.497 e. The number of aliphatic hydroxyl groups is 3. The number of esters is 2. The van der Waals surface area contributed by atoms with E-state index in [0.717, 1.165) is 9.80 Å². The summed E-state index contributed by atoms with van der Waals surface area (Å²) in [6, 6.07) is -2.72. The lowest BCUT2D eigenvalue weighted by Crippen LogP contribution is -2.62. The zero-order valence-corrected chi connectivity index (χ0v) is 49.1. The topological polar surface area (TPSA) is 308 Å². The molecule has 0 aliphatic carbocycles. The Morgan fingerprint density at radius 1 is 0.887 bits per heavy atom. The second-order valence-electron chi connectivity index (χ2n) is 23.2. The third kappa shape index (κ3) is 16.9. The number of rotatable bonds is 15. The number of Topliss-reactive ketones (excluding diaryl/α,β-unsaturated/α-hetero) is 1. The molecule has 1 aromatic carbocycles. The number of ether oxygens (including phenoxy) is 3. The van der Waals surface area contributed by atoms with Gasteiger partial charge in [-0.25, -0.2) is 4.79 Å². The second kappa shape index (κ2) is 29.5. The molecule has 4 rings (SSSR count). The Morgan fingerprint density at radius 3 is 2.09 bits per heavy atom. The minimum absolute atomic E-state index is 0.00510. The molecule has 1 aromatic rings. The van der Waals surface area contributed by atoms with E-state index in [2.05, 4.69) is 16.0 Å². The maximum atomic E-state index is 15.0. The Kier molecular flexibility index (Phi) is 24.4. The molecule has 3 heterocycles. The van der Waals surface area contributed by atoms with Crippen LogP contribution in [0, 0.1) is 29.6 Å². The van der Waals surface area contributed by atoms with Crippen LogP contribution < -0.4 is 20.7 Å². The van der Waals surface area contributed by atoms with Crippen LogP contribution in [0.15, 0.2) is 24.3 Å². The van der Waals surface area contributed by atoms with Gasteiger partial charge in [-0.2, -0.15) is 0 Å². The summed E-state index contributed by atoms with van der Waals surface area (Å²) in [5.41, 5.74) is 0.555. The molecule has 3 aliphatic heterocycles. The highest BCUT2D eigenvalue weighted by Crippen LogP contribution is 2.27. The number of β-amino-alcohol motifs (C(OH)–C–C–N with tert-alkyl or cyclic N) is 1. The maximum Gasteiger partial charge on any atom is 0.329 e. The number of likely N-dealkylation sites (tertiary alicyclic amines) is 1. The van der Waals surface area contributed by atoms with Gasteiger partial charge in [0, 0.05) is 40.0 Å². The predicted octanol–water partition coefficient (Wildman–Crippen LogP) is 1.29. The quantitative estimate of drug-likeness (QED) is 0.107. The van der Waals surface area contributed by atoms with Gasteiger partial charge < -0.3 is 65.1 Å². The summed E-state index contributed by atoms with van der Waals surface area (Å²) in [6.45, 7) is 17.7. The van der Waals surface area contributed by atoms with E-state index in [1.165, 1.54) is 51.8 Å². The normalized spacial score (nSPS) is 28.4. The van der Waals surface area contributed by atoms with Crippen molar-refractivity contribution in [2.75, 3.05) is 34.3 Å². The van der Waals surface area contributed by atoms with Gasteiger partial charge in [-0.05, 0) is 87.8 Å². The van der Waals surface area contributed by atoms with E-state index in [1.807, 2.05) is 13.8 Å². The first-order chi connectivity index (χ1) is 37.4. The van der Waals surface area contributed by atoms with E-state index in [9.17, 15) is 58.5 Å². The highest BCUT2D eigenvalue weighted by molar-refractivity contribution is 6.05. The van der Waals surface area contributed by atoms with Crippen LogP contribution in [0.1, 0.15) is 127 Å². The summed E-state index contributed by atoms with van der Waals surface area (Å²) >= 11 is 0. The number of cyclic esters (lactones) is 2. The Morgan fingerprint density at radius 2 is 1.52 bits per heavy atom. The van der Waals surface area contributed by atoms with Crippen molar-refractivity contribution < 1.29 is 77.5 Å². The molecule has 0 unspecified atom stereocenters. The lowest BCUT2D eigenvalue weighted by Gasteiger charge is -2.36. The third-order valence-electron chi connectivity index (χ3n) is 15.5. The van der Waals surface area contributed by atoms with Crippen molar-refractivity contribution in [1.82, 2.24) is 35.6 Å². The zero-order valence-electron chi connectivity index (χ0n) is 49.1. The Bertz CT molecular complexity index is 2360. The molecule has 0 radical (unpaired) electrons. The number of aliphatic hydroxyl groups excluding tert-OH is 3. The highest BCUT2D eigenvalue weighted by atomic mass is 16.6. The Labute approximate surface area is 470 Å². The van der Waals surface area contributed by atoms with E-state index in [4.69, 9.17) is 14.2 Å². The number of nitrogens with zero attached hydrogens (tertiary/aromatic N) is 4. The molecular weight excluding hydrogens is 1040 g/mol. The molecule has 7 amide bonds. The fourth-order valence-corrected chi connectivity index (χ4v) is 10.5. The number of amides is 7. The Hall–Kier alpha value is -6.20. The van der Waals surface area contributed by atoms with E-state index in [1.54, 1.807) is 65.8 Å². The van der Waals surface area contributed by atoms with E-state index < -0.39 is 156 Å². The average molecular weight is 1130 g/mol. The number of hydrogen-bond donors (Lipinski definition) is 6. The number of hydrogen-bond acceptors (Lipinski definition) is 16. The first kappa shape index (κ1) is 66.3. The fraction of sp³-hybridized carbons (Fsp3) is 0.719. The highest BCUT2D eigenvalue weighted by Gasteiger charge is 2.47. The van der Waals surface area contributed by atoms with Crippen molar-refractivity contribution in [2.24, 2.45) is 29.6 Å². The summed E-state index contributed by atoms with van der Waals surface area (Å²) in [7, 11) is 4.19. The van der Waals surface area contributed by atoms with Crippen LogP contribution in [0.5, 0.6) is 5.75 Å². The van der Waals surface area contributed by atoms with Gasteiger partial charge >= 0.3 is 11.9 Å². The molecule has 14 atom stereocenters. The van der Waals surface area contributed by atoms with Gasteiger partial charge in [-0.15, -0.1) is 0 Å². The summed E-state index contributed by atoms with van der Waals surface area (Å²) in [5.74, 6) is -10.9. The first-order valence-corrected chi connectivity index (χ1v) is 28.1. The van der Waals surface area contributed by atoms with Crippen LogP contribution in [0.3, 0.4) is 0 Å². The second-order valence-corrected chi connectivity index (χ2v) is 23.2. The molecule has 23 nitrogen and oxygen atoms in total. The number of ketones is 1. The van der Waals surface area contributed by atoms with Gasteiger partial charge in [0.1, 0.15) is 54.2 Å². The smallest absolute Gasteiger partial charge is 0.329 e. The van der Waals surface area contributed by atoms with E-state index in [0.29, 0.717) is 24.2 Å². The number of fused-ring (bicyclic) bond motifs is 1. The van der Waals surface area contributed by atoms with Crippen LogP contribution in [0.25, 0.3) is 0 Å². The third-order valence-corrected chi connectivity index (χ3v) is 15.5. The molecule has 23 heteroatoms. The molecule has 80 heavy (non-hydrogen) atoms. The average Bonchev–Trinajstić information content (AvgIpc) is 4.07.